The van der Waals surface area contributed by atoms with Gasteiger partial charge in [0.25, 0.3) is 0 Å². The molecule has 2 atom stereocenters. The van der Waals surface area contributed by atoms with Crippen molar-refractivity contribution in [1.29, 1.82) is 0 Å². The van der Waals surface area contributed by atoms with Gasteiger partial charge in [-0.05, 0) is 48.7 Å². The fraction of sp³-hybridized carbons (Fsp3) is 0.412. The van der Waals surface area contributed by atoms with Gasteiger partial charge in [-0.1, -0.05) is 6.92 Å². The standard InChI is InChI=1S/C17H21NO5S2/c1-12-10-16(12)17-9-4-13(23-17)11-18(2)25(21,22)15-7-5-14(6-8-15)24(3,19)20/h4-9,12,16H,10-11H2,1-3H3. The average molecular weight is 383 g/mol. The summed E-state index contributed by atoms with van der Waals surface area (Å²) >= 11 is 0. The number of sulfonamides is 1. The molecule has 0 radical (unpaired) electrons. The average Bonchev–Trinajstić information content (AvgIpc) is 3.08. The minimum absolute atomic E-state index is 0.0463. The summed E-state index contributed by atoms with van der Waals surface area (Å²) in [6.45, 7) is 2.28. The first kappa shape index (κ1) is 18.2. The van der Waals surface area contributed by atoms with E-state index < -0.39 is 19.9 Å². The van der Waals surface area contributed by atoms with Gasteiger partial charge in [0, 0.05) is 19.2 Å². The fourth-order valence-corrected chi connectivity index (χ4v) is 4.51. The smallest absolute Gasteiger partial charge is 0.243 e. The van der Waals surface area contributed by atoms with E-state index in [9.17, 15) is 16.8 Å². The van der Waals surface area contributed by atoms with Crippen molar-refractivity contribution in [2.75, 3.05) is 13.3 Å². The third-order valence-corrected chi connectivity index (χ3v) is 7.44. The summed E-state index contributed by atoms with van der Waals surface area (Å²) < 4.78 is 55.2. The summed E-state index contributed by atoms with van der Waals surface area (Å²) in [5, 5.41) is 0. The maximum absolute atomic E-state index is 12.6. The molecular weight excluding hydrogens is 362 g/mol. The lowest BCUT2D eigenvalue weighted by Crippen LogP contribution is -2.26. The van der Waals surface area contributed by atoms with Gasteiger partial charge in [0.2, 0.25) is 10.0 Å². The van der Waals surface area contributed by atoms with E-state index in [2.05, 4.69) is 6.92 Å². The Morgan fingerprint density at radius 3 is 2.12 bits per heavy atom. The monoisotopic (exact) mass is 383 g/mol. The van der Waals surface area contributed by atoms with E-state index in [1.165, 1.54) is 35.6 Å². The highest BCUT2D eigenvalue weighted by Crippen LogP contribution is 2.47. The lowest BCUT2D eigenvalue weighted by atomic mass is 10.3. The highest BCUT2D eigenvalue weighted by atomic mass is 32.2. The second kappa shape index (κ2) is 6.26. The quantitative estimate of drug-likeness (QED) is 0.765. The predicted octanol–water partition coefficient (Wildman–Crippen LogP) is 2.63. The SMILES string of the molecule is CC1CC1c1ccc(CN(C)S(=O)(=O)c2ccc(S(C)(=O)=O)cc2)o1. The van der Waals surface area contributed by atoms with E-state index in [1.54, 1.807) is 6.07 Å². The van der Waals surface area contributed by atoms with Gasteiger partial charge in [-0.25, -0.2) is 16.8 Å². The molecule has 1 saturated carbocycles. The summed E-state index contributed by atoms with van der Waals surface area (Å²) in [7, 11) is -5.61. The highest BCUT2D eigenvalue weighted by molar-refractivity contribution is 7.90. The number of hydrogen-bond acceptors (Lipinski definition) is 5. The third kappa shape index (κ3) is 3.80. The molecule has 1 aliphatic rings. The van der Waals surface area contributed by atoms with Crippen LogP contribution in [0.5, 0.6) is 0 Å². The van der Waals surface area contributed by atoms with Crippen LogP contribution in [0.25, 0.3) is 0 Å². The van der Waals surface area contributed by atoms with Crippen LogP contribution in [0.3, 0.4) is 0 Å². The lowest BCUT2D eigenvalue weighted by Gasteiger charge is -2.16. The van der Waals surface area contributed by atoms with Crippen LogP contribution in [0.4, 0.5) is 0 Å². The number of hydrogen-bond donors (Lipinski definition) is 0. The van der Waals surface area contributed by atoms with Crippen LogP contribution < -0.4 is 0 Å². The van der Waals surface area contributed by atoms with Crippen molar-refractivity contribution < 1.29 is 21.3 Å². The molecule has 0 amide bonds. The van der Waals surface area contributed by atoms with Gasteiger partial charge < -0.3 is 4.42 Å². The summed E-state index contributed by atoms with van der Waals surface area (Å²) in [5.74, 6) is 2.56. The maximum atomic E-state index is 12.6. The Kier molecular flexibility index (Phi) is 4.55. The van der Waals surface area contributed by atoms with E-state index in [-0.39, 0.29) is 16.3 Å². The largest absolute Gasteiger partial charge is 0.464 e. The zero-order valence-corrected chi connectivity index (χ0v) is 16.0. The maximum Gasteiger partial charge on any atom is 0.243 e. The van der Waals surface area contributed by atoms with Crippen molar-refractivity contribution in [3.8, 4) is 0 Å². The number of nitrogens with zero attached hydrogens (tertiary/aromatic N) is 1. The van der Waals surface area contributed by atoms with Crippen molar-refractivity contribution in [1.82, 2.24) is 4.31 Å². The van der Waals surface area contributed by atoms with Crippen LogP contribution >= 0.6 is 0 Å². The lowest BCUT2D eigenvalue weighted by molar-refractivity contribution is 0.390. The summed E-state index contributed by atoms with van der Waals surface area (Å²) in [6, 6.07) is 8.93. The minimum atomic E-state index is -3.73. The van der Waals surface area contributed by atoms with Gasteiger partial charge >= 0.3 is 0 Å². The number of rotatable bonds is 6. The van der Waals surface area contributed by atoms with E-state index in [0.29, 0.717) is 17.6 Å². The first-order chi connectivity index (χ1) is 11.6. The van der Waals surface area contributed by atoms with Gasteiger partial charge in [-0.2, -0.15) is 4.31 Å². The van der Waals surface area contributed by atoms with Crippen LogP contribution in [0.2, 0.25) is 0 Å². The molecule has 0 bridgehead atoms. The molecule has 8 heteroatoms. The van der Waals surface area contributed by atoms with Gasteiger partial charge in [0.05, 0.1) is 16.3 Å². The van der Waals surface area contributed by atoms with Crippen LogP contribution in [0.1, 0.15) is 30.8 Å². The van der Waals surface area contributed by atoms with Crippen molar-refractivity contribution in [3.63, 3.8) is 0 Å². The highest BCUT2D eigenvalue weighted by Gasteiger charge is 2.36. The van der Waals surface area contributed by atoms with Crippen molar-refractivity contribution in [2.45, 2.75) is 35.6 Å². The van der Waals surface area contributed by atoms with E-state index in [4.69, 9.17) is 4.42 Å². The first-order valence-corrected chi connectivity index (χ1v) is 11.3. The molecule has 25 heavy (non-hydrogen) atoms. The van der Waals surface area contributed by atoms with Gasteiger partial charge in [-0.15, -0.1) is 0 Å². The molecule has 3 rings (SSSR count). The molecule has 1 aromatic heterocycles. The van der Waals surface area contributed by atoms with E-state index >= 15 is 0 Å². The Morgan fingerprint density at radius 2 is 1.60 bits per heavy atom. The third-order valence-electron chi connectivity index (χ3n) is 4.50. The fourth-order valence-electron chi connectivity index (χ4n) is 2.74. The molecule has 1 aromatic carbocycles. The molecule has 0 saturated heterocycles. The topological polar surface area (TPSA) is 84.7 Å². The van der Waals surface area contributed by atoms with Crippen molar-refractivity contribution >= 4 is 19.9 Å². The molecule has 0 spiro atoms. The molecule has 2 aromatic rings. The molecule has 0 N–H and O–H groups in total. The van der Waals surface area contributed by atoms with Gasteiger partial charge in [-0.3, -0.25) is 0 Å². The van der Waals surface area contributed by atoms with Crippen LogP contribution in [-0.2, 0) is 26.4 Å². The Hall–Kier alpha value is -1.64. The molecule has 1 fully saturated rings. The Bertz CT molecular complexity index is 974. The van der Waals surface area contributed by atoms with E-state index in [0.717, 1.165) is 18.4 Å². The molecular formula is C17H21NO5S2. The Labute approximate surface area is 148 Å². The number of furan rings is 1. The second-order valence-corrected chi connectivity index (χ2v) is 10.7. The zero-order chi connectivity index (χ0) is 18.4. The Balaban J connectivity index is 1.76. The second-order valence-electron chi connectivity index (χ2n) is 6.63. The summed E-state index contributed by atoms with van der Waals surface area (Å²) in [6.07, 6.45) is 2.19. The Morgan fingerprint density at radius 1 is 1.04 bits per heavy atom. The van der Waals surface area contributed by atoms with Crippen molar-refractivity contribution in [3.05, 3.63) is 47.9 Å². The number of sulfone groups is 1. The molecule has 0 aliphatic heterocycles. The molecule has 2 unspecified atom stereocenters. The van der Waals surface area contributed by atoms with Gasteiger partial charge in [0.15, 0.2) is 9.84 Å². The molecule has 6 nitrogen and oxygen atoms in total. The summed E-state index contributed by atoms with van der Waals surface area (Å²) in [5.41, 5.74) is 0. The van der Waals surface area contributed by atoms with E-state index in [1.807, 2.05) is 6.07 Å². The van der Waals surface area contributed by atoms with Crippen LogP contribution in [0, 0.1) is 5.92 Å². The van der Waals surface area contributed by atoms with Gasteiger partial charge in [0.1, 0.15) is 11.5 Å². The zero-order valence-electron chi connectivity index (χ0n) is 14.3. The minimum Gasteiger partial charge on any atom is -0.464 e. The normalized spacial score (nSPS) is 20.8. The molecule has 136 valence electrons. The van der Waals surface area contributed by atoms with Crippen LogP contribution in [0.15, 0.2) is 50.6 Å². The summed E-state index contributed by atoms with van der Waals surface area (Å²) in [4.78, 5) is 0.133. The van der Waals surface area contributed by atoms with Crippen molar-refractivity contribution in [2.24, 2.45) is 5.92 Å². The number of benzene rings is 1. The molecule has 1 heterocycles. The molecule has 1 aliphatic carbocycles. The first-order valence-electron chi connectivity index (χ1n) is 7.94. The predicted molar refractivity (Wildman–Crippen MR) is 93.4 cm³/mol. The van der Waals surface area contributed by atoms with Crippen LogP contribution in [-0.4, -0.2) is 34.4 Å².